The summed E-state index contributed by atoms with van der Waals surface area (Å²) in [5.41, 5.74) is 4.86. The molecule has 0 fully saturated rings. The summed E-state index contributed by atoms with van der Waals surface area (Å²) in [6, 6.07) is 9.45. The van der Waals surface area contributed by atoms with Gasteiger partial charge in [-0.15, -0.1) is 0 Å². The van der Waals surface area contributed by atoms with Crippen molar-refractivity contribution in [1.82, 2.24) is 5.32 Å². The highest BCUT2D eigenvalue weighted by molar-refractivity contribution is 5.74. The maximum Gasteiger partial charge on any atom is 0.243 e. The molecule has 1 aromatic carbocycles. The summed E-state index contributed by atoms with van der Waals surface area (Å²) in [6.45, 7) is 3.03. The van der Waals surface area contributed by atoms with Gasteiger partial charge in [0.1, 0.15) is 6.61 Å². The van der Waals surface area contributed by atoms with Crippen LogP contribution in [0.2, 0.25) is 0 Å². The van der Waals surface area contributed by atoms with Crippen molar-refractivity contribution in [2.24, 2.45) is 5.73 Å². The molecule has 1 amide bonds. The van der Waals surface area contributed by atoms with Crippen molar-refractivity contribution in [3.05, 3.63) is 35.9 Å². The molecule has 100 valence electrons. The molecule has 0 aliphatic rings. The number of primary amides is 1. The van der Waals surface area contributed by atoms with E-state index >= 15 is 0 Å². The number of nitrogens with one attached hydrogen (secondary N) is 1. The number of amides is 1. The van der Waals surface area contributed by atoms with Gasteiger partial charge in [0.05, 0.1) is 12.2 Å². The number of benzene rings is 1. The van der Waals surface area contributed by atoms with Gasteiger partial charge < -0.3 is 20.9 Å². The van der Waals surface area contributed by atoms with E-state index in [4.69, 9.17) is 10.5 Å². The van der Waals surface area contributed by atoms with Gasteiger partial charge in [-0.05, 0) is 12.5 Å². The number of hydrogen-bond donors (Lipinski definition) is 3. The van der Waals surface area contributed by atoms with Crippen LogP contribution in [-0.4, -0.2) is 37.3 Å². The van der Waals surface area contributed by atoms with Crippen molar-refractivity contribution in [2.75, 3.05) is 26.3 Å². The van der Waals surface area contributed by atoms with Crippen LogP contribution >= 0.6 is 0 Å². The number of carbonyl (C=O) groups is 1. The molecule has 5 nitrogen and oxygen atoms in total. The van der Waals surface area contributed by atoms with Gasteiger partial charge in [0.15, 0.2) is 0 Å². The minimum Gasteiger partial charge on any atom is -0.384 e. The molecule has 1 atom stereocenters. The summed E-state index contributed by atoms with van der Waals surface area (Å²) in [5, 5.41) is 13.3. The third-order valence-corrected chi connectivity index (χ3v) is 2.53. The molecule has 0 saturated heterocycles. The van der Waals surface area contributed by atoms with Crippen LogP contribution in [0.25, 0.3) is 0 Å². The number of aliphatic hydroxyl groups is 1. The predicted octanol–water partition coefficient (Wildman–Crippen LogP) is -0.0144. The Morgan fingerprint density at radius 3 is 2.72 bits per heavy atom. The van der Waals surface area contributed by atoms with E-state index in [0.717, 1.165) is 5.56 Å². The average molecular weight is 252 g/mol. The van der Waals surface area contributed by atoms with E-state index < -0.39 is 11.5 Å². The van der Waals surface area contributed by atoms with Crippen LogP contribution in [0.3, 0.4) is 0 Å². The van der Waals surface area contributed by atoms with E-state index in [0.29, 0.717) is 19.7 Å². The molecule has 18 heavy (non-hydrogen) atoms. The lowest BCUT2D eigenvalue weighted by molar-refractivity contribution is -0.122. The summed E-state index contributed by atoms with van der Waals surface area (Å²) in [5.74, 6) is -0.480. The smallest absolute Gasteiger partial charge is 0.243 e. The summed E-state index contributed by atoms with van der Waals surface area (Å²) in [7, 11) is 0. The molecule has 0 aromatic heterocycles. The lowest BCUT2D eigenvalue weighted by atomic mass is 9.96. The number of rotatable bonds is 8. The first kappa shape index (κ1) is 14.6. The second kappa shape index (κ2) is 7.10. The Morgan fingerprint density at radius 1 is 1.44 bits per heavy atom. The maximum absolute atomic E-state index is 10.4. The minimum atomic E-state index is -0.926. The second-order valence-electron chi connectivity index (χ2n) is 4.34. The first-order valence-electron chi connectivity index (χ1n) is 5.87. The number of hydrogen-bond acceptors (Lipinski definition) is 4. The normalized spacial score (nSPS) is 14.1. The maximum atomic E-state index is 10.4. The van der Waals surface area contributed by atoms with Gasteiger partial charge in [-0.25, -0.2) is 0 Å². The zero-order chi connectivity index (χ0) is 13.4. The molecule has 0 spiro atoms. The first-order valence-corrected chi connectivity index (χ1v) is 5.87. The molecule has 0 bridgehead atoms. The van der Waals surface area contributed by atoms with Gasteiger partial charge in [0.2, 0.25) is 5.91 Å². The molecular formula is C13H20N2O3. The molecule has 4 N–H and O–H groups in total. The number of ether oxygens (including phenoxy) is 1. The van der Waals surface area contributed by atoms with Crippen LogP contribution in [0.4, 0.5) is 0 Å². The number of carbonyl (C=O) groups excluding carboxylic acids is 1. The van der Waals surface area contributed by atoms with Crippen LogP contribution in [0.15, 0.2) is 30.3 Å². The van der Waals surface area contributed by atoms with Gasteiger partial charge in [-0.3, -0.25) is 4.79 Å². The summed E-state index contributed by atoms with van der Waals surface area (Å²) in [4.78, 5) is 10.4. The average Bonchev–Trinajstić information content (AvgIpc) is 2.34. The third-order valence-electron chi connectivity index (χ3n) is 2.53. The Kier molecular flexibility index (Phi) is 5.77. The van der Waals surface area contributed by atoms with Crippen LogP contribution in [0.1, 0.15) is 12.5 Å². The predicted molar refractivity (Wildman–Crippen MR) is 68.9 cm³/mol. The molecule has 5 heteroatoms. The standard InChI is InChI=1S/C13H20N2O3/c1-13(17,11-5-3-2-4-6-11)10-15-7-8-18-9-12(14)16/h2-6,15,17H,7-10H2,1H3,(H2,14,16). The Morgan fingerprint density at radius 2 is 2.11 bits per heavy atom. The fourth-order valence-electron chi connectivity index (χ4n) is 1.55. The van der Waals surface area contributed by atoms with Gasteiger partial charge in [0, 0.05) is 13.1 Å². The lowest BCUT2D eigenvalue weighted by Crippen LogP contribution is -2.37. The molecule has 0 heterocycles. The van der Waals surface area contributed by atoms with Crippen molar-refractivity contribution < 1.29 is 14.6 Å². The van der Waals surface area contributed by atoms with Crippen molar-refractivity contribution in [2.45, 2.75) is 12.5 Å². The van der Waals surface area contributed by atoms with E-state index in [2.05, 4.69) is 5.32 Å². The van der Waals surface area contributed by atoms with Crippen molar-refractivity contribution in [1.29, 1.82) is 0 Å². The van der Waals surface area contributed by atoms with Crippen LogP contribution in [-0.2, 0) is 15.1 Å². The summed E-state index contributed by atoms with van der Waals surface area (Å²) in [6.07, 6.45) is 0. The fraction of sp³-hybridized carbons (Fsp3) is 0.462. The Hall–Kier alpha value is -1.43. The van der Waals surface area contributed by atoms with E-state index in [1.807, 2.05) is 30.3 Å². The quantitative estimate of drug-likeness (QED) is 0.568. The third kappa shape index (κ3) is 5.27. The van der Waals surface area contributed by atoms with E-state index in [-0.39, 0.29) is 6.61 Å². The Balaban J connectivity index is 2.24. The Bertz CT molecular complexity index is 366. The van der Waals surface area contributed by atoms with Crippen molar-refractivity contribution in [3.8, 4) is 0 Å². The van der Waals surface area contributed by atoms with Gasteiger partial charge >= 0.3 is 0 Å². The second-order valence-corrected chi connectivity index (χ2v) is 4.34. The minimum absolute atomic E-state index is 0.0727. The topological polar surface area (TPSA) is 84.6 Å². The highest BCUT2D eigenvalue weighted by atomic mass is 16.5. The van der Waals surface area contributed by atoms with Crippen LogP contribution in [0, 0.1) is 0 Å². The number of nitrogens with two attached hydrogens (primary N) is 1. The summed E-state index contributed by atoms with van der Waals surface area (Å²) < 4.78 is 5.00. The van der Waals surface area contributed by atoms with Gasteiger partial charge in [0.25, 0.3) is 0 Å². The van der Waals surface area contributed by atoms with Gasteiger partial charge in [-0.1, -0.05) is 30.3 Å². The van der Waals surface area contributed by atoms with Crippen molar-refractivity contribution in [3.63, 3.8) is 0 Å². The molecule has 0 saturated carbocycles. The van der Waals surface area contributed by atoms with E-state index in [1.54, 1.807) is 6.92 Å². The van der Waals surface area contributed by atoms with E-state index in [9.17, 15) is 9.90 Å². The first-order chi connectivity index (χ1) is 8.52. The molecule has 0 aliphatic heterocycles. The Labute approximate surface area is 107 Å². The highest BCUT2D eigenvalue weighted by Crippen LogP contribution is 2.18. The van der Waals surface area contributed by atoms with Crippen LogP contribution in [0.5, 0.6) is 0 Å². The monoisotopic (exact) mass is 252 g/mol. The molecule has 0 radical (unpaired) electrons. The largest absolute Gasteiger partial charge is 0.384 e. The highest BCUT2D eigenvalue weighted by Gasteiger charge is 2.21. The van der Waals surface area contributed by atoms with Gasteiger partial charge in [-0.2, -0.15) is 0 Å². The van der Waals surface area contributed by atoms with Crippen LogP contribution < -0.4 is 11.1 Å². The zero-order valence-corrected chi connectivity index (χ0v) is 10.6. The molecular weight excluding hydrogens is 232 g/mol. The fourth-order valence-corrected chi connectivity index (χ4v) is 1.55. The molecule has 1 rings (SSSR count). The summed E-state index contributed by atoms with van der Waals surface area (Å²) >= 11 is 0. The molecule has 1 aromatic rings. The van der Waals surface area contributed by atoms with Crippen molar-refractivity contribution >= 4 is 5.91 Å². The molecule has 0 aliphatic carbocycles. The molecule has 1 unspecified atom stereocenters. The lowest BCUT2D eigenvalue weighted by Gasteiger charge is -2.24. The van der Waals surface area contributed by atoms with E-state index in [1.165, 1.54) is 0 Å². The zero-order valence-electron chi connectivity index (χ0n) is 10.6. The SMILES string of the molecule is CC(O)(CNCCOCC(N)=O)c1ccccc1.